The fourth-order valence-electron chi connectivity index (χ4n) is 2.13. The summed E-state index contributed by atoms with van der Waals surface area (Å²) in [5.74, 6) is 1.06. The van der Waals surface area contributed by atoms with Crippen LogP contribution in [0.3, 0.4) is 0 Å². The maximum Gasteiger partial charge on any atom is 0.213 e. The van der Waals surface area contributed by atoms with Crippen LogP contribution in [0.5, 0.6) is 0 Å². The average Bonchev–Trinajstić information content (AvgIpc) is 2.21. The summed E-state index contributed by atoms with van der Waals surface area (Å²) in [4.78, 5) is 0. The minimum absolute atomic E-state index is 0.297. The molecular weight excluding hydrogens is 178 g/mol. The molecule has 0 atom stereocenters. The minimum atomic E-state index is -0.421. The van der Waals surface area contributed by atoms with Gasteiger partial charge in [-0.05, 0) is 38.5 Å². The molecule has 14 heavy (non-hydrogen) atoms. The highest BCUT2D eigenvalue weighted by Gasteiger charge is 2.40. The van der Waals surface area contributed by atoms with Crippen molar-refractivity contribution in [2.75, 3.05) is 13.7 Å². The Morgan fingerprint density at radius 2 is 2.00 bits per heavy atom. The number of nitrogens with one attached hydrogen (secondary N) is 1. The zero-order valence-electron chi connectivity index (χ0n) is 9.43. The third-order valence-electron chi connectivity index (χ3n) is 3.12. The van der Waals surface area contributed by atoms with E-state index in [0.717, 1.165) is 31.6 Å². The van der Waals surface area contributed by atoms with Crippen molar-refractivity contribution < 1.29 is 9.47 Å². The van der Waals surface area contributed by atoms with E-state index in [1.807, 2.05) is 6.92 Å². The van der Waals surface area contributed by atoms with Crippen molar-refractivity contribution in [3.8, 4) is 0 Å². The molecule has 0 aromatic heterocycles. The highest BCUT2D eigenvalue weighted by molar-refractivity contribution is 5.82. The van der Waals surface area contributed by atoms with Gasteiger partial charge in [-0.25, -0.2) is 0 Å². The Labute approximate surface area is 86.3 Å². The molecule has 1 saturated carbocycles. The van der Waals surface area contributed by atoms with Crippen LogP contribution in [0, 0.1) is 11.3 Å². The molecule has 0 aliphatic heterocycles. The SMILES string of the molecule is CCOC1(C(=N)OC)CCC(C)CC1. The van der Waals surface area contributed by atoms with Gasteiger partial charge >= 0.3 is 0 Å². The summed E-state index contributed by atoms with van der Waals surface area (Å²) in [5, 5.41) is 7.80. The topological polar surface area (TPSA) is 42.3 Å². The predicted molar refractivity (Wildman–Crippen MR) is 56.7 cm³/mol. The van der Waals surface area contributed by atoms with E-state index in [0.29, 0.717) is 12.5 Å². The molecular formula is C11H21NO2. The first-order valence-corrected chi connectivity index (χ1v) is 5.41. The fraction of sp³-hybridized carbons (Fsp3) is 0.909. The minimum Gasteiger partial charge on any atom is -0.482 e. The van der Waals surface area contributed by atoms with Crippen molar-refractivity contribution in [1.29, 1.82) is 5.41 Å². The number of rotatable bonds is 3. The summed E-state index contributed by atoms with van der Waals surface area (Å²) in [5.41, 5.74) is -0.421. The Morgan fingerprint density at radius 3 is 2.43 bits per heavy atom. The van der Waals surface area contributed by atoms with Crippen LogP contribution >= 0.6 is 0 Å². The van der Waals surface area contributed by atoms with Gasteiger partial charge in [-0.3, -0.25) is 5.41 Å². The Balaban J connectivity index is 2.67. The second-order valence-corrected chi connectivity index (χ2v) is 4.14. The predicted octanol–water partition coefficient (Wildman–Crippen LogP) is 2.60. The lowest BCUT2D eigenvalue weighted by molar-refractivity contribution is -0.0337. The second-order valence-electron chi connectivity index (χ2n) is 4.14. The monoisotopic (exact) mass is 199 g/mol. The van der Waals surface area contributed by atoms with E-state index in [4.69, 9.17) is 14.9 Å². The number of ether oxygens (including phenoxy) is 2. The van der Waals surface area contributed by atoms with E-state index in [1.54, 1.807) is 7.11 Å². The molecule has 1 rings (SSSR count). The van der Waals surface area contributed by atoms with E-state index in [1.165, 1.54) is 0 Å². The molecule has 1 aliphatic carbocycles. The van der Waals surface area contributed by atoms with Crippen LogP contribution in [0.25, 0.3) is 0 Å². The smallest absolute Gasteiger partial charge is 0.213 e. The van der Waals surface area contributed by atoms with Crippen molar-refractivity contribution in [3.63, 3.8) is 0 Å². The molecule has 1 aliphatic rings. The van der Waals surface area contributed by atoms with Gasteiger partial charge in [-0.15, -0.1) is 0 Å². The summed E-state index contributed by atoms with van der Waals surface area (Å²) in [6.07, 6.45) is 4.11. The van der Waals surface area contributed by atoms with Crippen LogP contribution in [-0.4, -0.2) is 25.2 Å². The van der Waals surface area contributed by atoms with E-state index < -0.39 is 5.60 Å². The summed E-state index contributed by atoms with van der Waals surface area (Å²) in [6.45, 7) is 4.88. The molecule has 82 valence electrons. The Hall–Kier alpha value is -0.570. The molecule has 0 radical (unpaired) electrons. The summed E-state index contributed by atoms with van der Waals surface area (Å²) in [7, 11) is 1.56. The van der Waals surface area contributed by atoms with Gasteiger partial charge in [-0.2, -0.15) is 0 Å². The van der Waals surface area contributed by atoms with E-state index in [2.05, 4.69) is 6.92 Å². The first kappa shape index (κ1) is 11.5. The van der Waals surface area contributed by atoms with Crippen LogP contribution in [0.4, 0.5) is 0 Å². The first-order valence-electron chi connectivity index (χ1n) is 5.41. The van der Waals surface area contributed by atoms with Gasteiger partial charge in [0.15, 0.2) is 0 Å². The third-order valence-corrected chi connectivity index (χ3v) is 3.12. The lowest BCUT2D eigenvalue weighted by Gasteiger charge is -2.38. The molecule has 3 heteroatoms. The molecule has 0 saturated heterocycles. The highest BCUT2D eigenvalue weighted by Crippen LogP contribution is 2.35. The summed E-state index contributed by atoms with van der Waals surface area (Å²) in [6, 6.07) is 0. The molecule has 3 nitrogen and oxygen atoms in total. The molecule has 0 unspecified atom stereocenters. The second kappa shape index (κ2) is 4.78. The molecule has 1 fully saturated rings. The first-order chi connectivity index (χ1) is 6.64. The van der Waals surface area contributed by atoms with Crippen molar-refractivity contribution in [2.45, 2.75) is 45.1 Å². The molecule has 0 spiro atoms. The highest BCUT2D eigenvalue weighted by atomic mass is 16.5. The summed E-state index contributed by atoms with van der Waals surface area (Å²) < 4.78 is 10.8. The van der Waals surface area contributed by atoms with E-state index in [-0.39, 0.29) is 0 Å². The van der Waals surface area contributed by atoms with Gasteiger partial charge in [0.25, 0.3) is 0 Å². The van der Waals surface area contributed by atoms with Crippen LogP contribution < -0.4 is 0 Å². The lowest BCUT2D eigenvalue weighted by atomic mass is 9.79. The van der Waals surface area contributed by atoms with Gasteiger partial charge < -0.3 is 9.47 Å². The number of hydrogen-bond donors (Lipinski definition) is 1. The van der Waals surface area contributed by atoms with Crippen molar-refractivity contribution in [2.24, 2.45) is 5.92 Å². The summed E-state index contributed by atoms with van der Waals surface area (Å²) >= 11 is 0. The normalized spacial score (nSPS) is 32.6. The van der Waals surface area contributed by atoms with Crippen LogP contribution in [0.1, 0.15) is 39.5 Å². The van der Waals surface area contributed by atoms with Crippen LogP contribution in [-0.2, 0) is 9.47 Å². The van der Waals surface area contributed by atoms with Gasteiger partial charge in [-0.1, -0.05) is 6.92 Å². The average molecular weight is 199 g/mol. The molecule has 0 heterocycles. The van der Waals surface area contributed by atoms with Crippen LogP contribution in [0.15, 0.2) is 0 Å². The molecule has 1 N–H and O–H groups in total. The largest absolute Gasteiger partial charge is 0.482 e. The quantitative estimate of drug-likeness (QED) is 0.560. The standard InChI is InChI=1S/C11H21NO2/c1-4-14-11(10(12)13-3)7-5-9(2)6-8-11/h9,12H,4-8H2,1-3H3. The molecule has 0 aromatic carbocycles. The van der Waals surface area contributed by atoms with Crippen molar-refractivity contribution in [3.05, 3.63) is 0 Å². The molecule has 0 aromatic rings. The van der Waals surface area contributed by atoms with Gasteiger partial charge in [0.05, 0.1) is 7.11 Å². The zero-order chi connectivity index (χ0) is 10.6. The van der Waals surface area contributed by atoms with Crippen LogP contribution in [0.2, 0.25) is 0 Å². The molecule has 0 bridgehead atoms. The number of methoxy groups -OCH3 is 1. The lowest BCUT2D eigenvalue weighted by Crippen LogP contribution is -2.45. The maximum absolute atomic E-state index is 7.80. The Morgan fingerprint density at radius 1 is 1.43 bits per heavy atom. The van der Waals surface area contributed by atoms with Gasteiger partial charge in [0.2, 0.25) is 5.90 Å². The van der Waals surface area contributed by atoms with E-state index >= 15 is 0 Å². The zero-order valence-corrected chi connectivity index (χ0v) is 9.43. The van der Waals surface area contributed by atoms with E-state index in [9.17, 15) is 0 Å². The van der Waals surface area contributed by atoms with Gasteiger partial charge in [0.1, 0.15) is 5.60 Å². The number of hydrogen-bond acceptors (Lipinski definition) is 3. The Bertz CT molecular complexity index is 195. The fourth-order valence-corrected chi connectivity index (χ4v) is 2.13. The Kier molecular flexibility index (Phi) is 3.93. The van der Waals surface area contributed by atoms with Gasteiger partial charge in [0, 0.05) is 6.61 Å². The third kappa shape index (κ3) is 2.27. The van der Waals surface area contributed by atoms with Crippen molar-refractivity contribution >= 4 is 5.90 Å². The maximum atomic E-state index is 7.80. The molecule has 0 amide bonds. The van der Waals surface area contributed by atoms with Crippen molar-refractivity contribution in [1.82, 2.24) is 0 Å².